The highest BCUT2D eigenvalue weighted by Gasteiger charge is 2.33. The minimum atomic E-state index is -0.840. The summed E-state index contributed by atoms with van der Waals surface area (Å²) >= 11 is 0. The van der Waals surface area contributed by atoms with Crippen molar-refractivity contribution in [2.45, 2.75) is 44.6 Å². The topological polar surface area (TPSA) is 95.9 Å². The molecule has 0 saturated carbocycles. The van der Waals surface area contributed by atoms with E-state index < -0.39 is 12.1 Å². The van der Waals surface area contributed by atoms with Gasteiger partial charge in [-0.05, 0) is 28.7 Å². The lowest BCUT2D eigenvalue weighted by molar-refractivity contribution is -0.145. The van der Waals surface area contributed by atoms with E-state index in [1.807, 2.05) is 31.2 Å². The third-order valence-electron chi connectivity index (χ3n) is 6.50. The second-order valence-electron chi connectivity index (χ2n) is 8.92. The van der Waals surface area contributed by atoms with E-state index in [0.29, 0.717) is 19.5 Å². The first-order chi connectivity index (χ1) is 16.0. The predicted molar refractivity (Wildman–Crippen MR) is 124 cm³/mol. The molecule has 2 aromatic carbocycles. The van der Waals surface area contributed by atoms with Crippen LogP contribution in [0.3, 0.4) is 0 Å². The molecule has 7 nitrogen and oxygen atoms in total. The van der Waals surface area contributed by atoms with Gasteiger partial charge in [-0.1, -0.05) is 61.9 Å². The van der Waals surface area contributed by atoms with Gasteiger partial charge in [0.15, 0.2) is 0 Å². The zero-order valence-electron chi connectivity index (χ0n) is 18.8. The van der Waals surface area contributed by atoms with Gasteiger partial charge in [-0.3, -0.25) is 9.59 Å². The first-order valence-electron chi connectivity index (χ1n) is 11.6. The molecule has 2 N–H and O–H groups in total. The predicted octanol–water partition coefficient (Wildman–Crippen LogP) is 4.02. The van der Waals surface area contributed by atoms with Gasteiger partial charge >= 0.3 is 12.1 Å². The lowest BCUT2D eigenvalue weighted by Crippen LogP contribution is -2.52. The normalized spacial score (nSPS) is 15.8. The van der Waals surface area contributed by atoms with Crippen molar-refractivity contribution in [1.82, 2.24) is 10.2 Å². The zero-order chi connectivity index (χ0) is 23.4. The van der Waals surface area contributed by atoms with Crippen LogP contribution in [-0.2, 0) is 14.3 Å². The summed E-state index contributed by atoms with van der Waals surface area (Å²) in [5.74, 6) is -0.894. The second kappa shape index (κ2) is 10.1. The fourth-order valence-electron chi connectivity index (χ4n) is 4.87. The summed E-state index contributed by atoms with van der Waals surface area (Å²) in [4.78, 5) is 37.6. The van der Waals surface area contributed by atoms with Crippen LogP contribution in [-0.4, -0.2) is 53.7 Å². The van der Waals surface area contributed by atoms with Crippen LogP contribution in [0, 0.1) is 5.92 Å². The van der Waals surface area contributed by atoms with Crippen LogP contribution in [0.1, 0.15) is 49.7 Å². The molecule has 174 valence electrons. The second-order valence-corrected chi connectivity index (χ2v) is 8.92. The molecular weight excluding hydrogens is 420 g/mol. The average Bonchev–Trinajstić information content (AvgIpc) is 3.08. The van der Waals surface area contributed by atoms with Gasteiger partial charge in [0.2, 0.25) is 5.91 Å². The molecule has 1 fully saturated rings. The summed E-state index contributed by atoms with van der Waals surface area (Å²) in [5.41, 5.74) is 4.65. The first kappa shape index (κ1) is 22.8. The Morgan fingerprint density at radius 1 is 1.06 bits per heavy atom. The van der Waals surface area contributed by atoms with Gasteiger partial charge in [-0.15, -0.1) is 0 Å². The molecule has 0 bridgehead atoms. The van der Waals surface area contributed by atoms with Crippen molar-refractivity contribution >= 4 is 18.0 Å². The molecule has 1 atom stereocenters. The number of ether oxygens (including phenoxy) is 1. The number of alkyl carbamates (subject to hydrolysis) is 1. The summed E-state index contributed by atoms with van der Waals surface area (Å²) in [7, 11) is 0. The highest BCUT2D eigenvalue weighted by Crippen LogP contribution is 2.44. The summed E-state index contributed by atoms with van der Waals surface area (Å²) in [6.45, 7) is 3.17. The molecule has 1 aliphatic heterocycles. The van der Waals surface area contributed by atoms with Crippen LogP contribution < -0.4 is 5.32 Å². The number of amides is 2. The van der Waals surface area contributed by atoms with Crippen molar-refractivity contribution < 1.29 is 24.2 Å². The number of aliphatic carboxylic acids is 1. The molecule has 4 rings (SSSR count). The molecule has 0 unspecified atom stereocenters. The number of fused-ring (bicyclic) bond motifs is 3. The van der Waals surface area contributed by atoms with E-state index in [-0.39, 0.29) is 43.2 Å². The number of likely N-dealkylation sites (tertiary alicyclic amines) is 1. The quantitative estimate of drug-likeness (QED) is 0.602. The van der Waals surface area contributed by atoms with Gasteiger partial charge in [-0.25, -0.2) is 4.79 Å². The van der Waals surface area contributed by atoms with Crippen LogP contribution in [0.2, 0.25) is 0 Å². The molecule has 0 radical (unpaired) electrons. The smallest absolute Gasteiger partial charge is 0.407 e. The minimum absolute atomic E-state index is 0.0123. The van der Waals surface area contributed by atoms with Crippen molar-refractivity contribution in [2.75, 3.05) is 19.7 Å². The van der Waals surface area contributed by atoms with E-state index in [1.165, 1.54) is 11.1 Å². The maximum atomic E-state index is 12.6. The number of carbonyl (C=O) groups excluding carboxylic acids is 2. The van der Waals surface area contributed by atoms with Crippen molar-refractivity contribution in [1.29, 1.82) is 0 Å². The summed E-state index contributed by atoms with van der Waals surface area (Å²) in [6, 6.07) is 16.0. The minimum Gasteiger partial charge on any atom is -0.481 e. The van der Waals surface area contributed by atoms with E-state index in [1.54, 1.807) is 4.90 Å². The van der Waals surface area contributed by atoms with Gasteiger partial charge in [-0.2, -0.15) is 0 Å². The Bertz CT molecular complexity index is 985. The molecule has 1 saturated heterocycles. The highest BCUT2D eigenvalue weighted by atomic mass is 16.5. The molecule has 1 aliphatic carbocycles. The van der Waals surface area contributed by atoms with Gasteiger partial charge in [0, 0.05) is 37.4 Å². The van der Waals surface area contributed by atoms with Crippen molar-refractivity contribution in [3.8, 4) is 11.1 Å². The van der Waals surface area contributed by atoms with Gasteiger partial charge in [0.1, 0.15) is 6.61 Å². The summed E-state index contributed by atoms with van der Waals surface area (Å²) in [6.07, 6.45) is 1.25. The van der Waals surface area contributed by atoms with E-state index in [0.717, 1.165) is 17.5 Å². The number of carbonyl (C=O) groups is 3. The molecule has 0 aromatic heterocycles. The molecule has 33 heavy (non-hydrogen) atoms. The van der Waals surface area contributed by atoms with Crippen LogP contribution in [0.5, 0.6) is 0 Å². The molecule has 2 aliphatic rings. The zero-order valence-corrected chi connectivity index (χ0v) is 18.8. The molecule has 2 aromatic rings. The van der Waals surface area contributed by atoms with Crippen molar-refractivity contribution in [3.63, 3.8) is 0 Å². The highest BCUT2D eigenvalue weighted by molar-refractivity contribution is 5.80. The number of nitrogens with zero attached hydrogens (tertiary/aromatic N) is 1. The Kier molecular flexibility index (Phi) is 6.96. The monoisotopic (exact) mass is 450 g/mol. The summed E-state index contributed by atoms with van der Waals surface area (Å²) in [5, 5.41) is 11.7. The lowest BCUT2D eigenvalue weighted by atomic mass is 9.95. The van der Waals surface area contributed by atoms with Gasteiger partial charge < -0.3 is 20.1 Å². The number of hydrogen-bond donors (Lipinski definition) is 2. The third-order valence-corrected chi connectivity index (χ3v) is 6.50. The average molecular weight is 451 g/mol. The van der Waals surface area contributed by atoms with E-state index in [2.05, 4.69) is 29.6 Å². The molecule has 7 heteroatoms. The number of carboxylic acid groups (broad SMARTS) is 1. The third kappa shape index (κ3) is 5.18. The van der Waals surface area contributed by atoms with Crippen molar-refractivity contribution in [2.24, 2.45) is 5.92 Å². The van der Waals surface area contributed by atoms with E-state index in [9.17, 15) is 14.4 Å². The van der Waals surface area contributed by atoms with Crippen LogP contribution >= 0.6 is 0 Å². The maximum absolute atomic E-state index is 12.6. The van der Waals surface area contributed by atoms with Crippen LogP contribution in [0.4, 0.5) is 4.79 Å². The fraction of sp³-hybridized carbons (Fsp3) is 0.423. The standard InChI is InChI=1S/C26H30N2O5/c1-2-7-18(13-24(29)28-14-17(15-28)12-25(30)31)27-26(32)33-16-23-21-10-5-3-8-19(21)20-9-4-6-11-22(20)23/h3-6,8-11,17-18,23H,2,7,12-16H2,1H3,(H,27,32)(H,30,31)/t18-/m1/s1. The Hall–Kier alpha value is -3.35. The number of hydrogen-bond acceptors (Lipinski definition) is 4. The Balaban J connectivity index is 1.31. The van der Waals surface area contributed by atoms with Crippen LogP contribution in [0.25, 0.3) is 11.1 Å². The van der Waals surface area contributed by atoms with E-state index >= 15 is 0 Å². The summed E-state index contributed by atoms with van der Waals surface area (Å²) < 4.78 is 5.62. The Morgan fingerprint density at radius 2 is 1.67 bits per heavy atom. The van der Waals surface area contributed by atoms with Crippen LogP contribution in [0.15, 0.2) is 48.5 Å². The van der Waals surface area contributed by atoms with Crippen molar-refractivity contribution in [3.05, 3.63) is 59.7 Å². The number of nitrogens with one attached hydrogen (secondary N) is 1. The molecule has 2 amide bonds. The number of benzene rings is 2. The Morgan fingerprint density at radius 3 is 2.24 bits per heavy atom. The molecule has 1 heterocycles. The van der Waals surface area contributed by atoms with E-state index in [4.69, 9.17) is 9.84 Å². The van der Waals surface area contributed by atoms with Gasteiger partial charge in [0.25, 0.3) is 0 Å². The Labute approximate surface area is 193 Å². The maximum Gasteiger partial charge on any atom is 0.407 e. The number of carboxylic acids is 1. The largest absolute Gasteiger partial charge is 0.481 e. The van der Waals surface area contributed by atoms with Gasteiger partial charge in [0.05, 0.1) is 6.42 Å². The molecule has 0 spiro atoms. The lowest BCUT2D eigenvalue weighted by Gasteiger charge is -2.39. The SMILES string of the molecule is CCC[C@H](CC(=O)N1CC(CC(=O)O)C1)NC(=O)OCC1c2ccccc2-c2ccccc21. The first-order valence-corrected chi connectivity index (χ1v) is 11.6. The number of rotatable bonds is 9. The fourth-order valence-corrected chi connectivity index (χ4v) is 4.87. The molecular formula is C26H30N2O5.